The van der Waals surface area contributed by atoms with Crippen LogP contribution >= 0.6 is 0 Å². The number of amides is 2. The third-order valence-corrected chi connectivity index (χ3v) is 5.46. The van der Waals surface area contributed by atoms with Crippen LogP contribution in [0.15, 0.2) is 0 Å². The van der Waals surface area contributed by atoms with Gasteiger partial charge in [0.25, 0.3) is 0 Å². The smallest absolute Gasteiger partial charge is 0.320 e. The van der Waals surface area contributed by atoms with E-state index >= 15 is 0 Å². The number of carboxylic acids is 1. The molecule has 118 valence electrons. The Morgan fingerprint density at radius 1 is 0.952 bits per heavy atom. The van der Waals surface area contributed by atoms with Gasteiger partial charge < -0.3 is 14.9 Å². The number of hydrogen-bond donors (Lipinski definition) is 1. The zero-order chi connectivity index (χ0) is 15.0. The molecule has 2 bridgehead atoms. The number of rotatable bonds is 1. The monoisotopic (exact) mass is 295 g/mol. The lowest BCUT2D eigenvalue weighted by Gasteiger charge is -2.36. The highest BCUT2D eigenvalue weighted by molar-refractivity contribution is 5.76. The number of fused-ring (bicyclic) bond motifs is 2. The zero-order valence-corrected chi connectivity index (χ0v) is 12.7. The lowest BCUT2D eigenvalue weighted by molar-refractivity contribution is -0.143. The molecule has 3 atom stereocenters. The van der Waals surface area contributed by atoms with Gasteiger partial charge >= 0.3 is 12.0 Å². The molecule has 0 aromatic rings. The maximum atomic E-state index is 12.7. The summed E-state index contributed by atoms with van der Waals surface area (Å²) in [5.41, 5.74) is 0. The lowest BCUT2D eigenvalue weighted by atomic mass is 9.98. The van der Waals surface area contributed by atoms with Gasteiger partial charge in [-0.2, -0.15) is 0 Å². The molecule has 3 aliphatic heterocycles. The number of likely N-dealkylation sites (N-methyl/N-ethyl adjacent to an activating group) is 1. The predicted octanol–water partition coefficient (Wildman–Crippen LogP) is 1.07. The van der Waals surface area contributed by atoms with Crippen LogP contribution in [-0.2, 0) is 4.79 Å². The van der Waals surface area contributed by atoms with Crippen LogP contribution in [-0.4, -0.2) is 77.1 Å². The quantitative estimate of drug-likeness (QED) is 0.786. The number of urea groups is 1. The van der Waals surface area contributed by atoms with E-state index in [4.69, 9.17) is 5.11 Å². The molecule has 0 aromatic carbocycles. The molecular weight excluding hydrogens is 270 g/mol. The Labute approximate surface area is 125 Å². The third kappa shape index (κ3) is 2.86. The summed E-state index contributed by atoms with van der Waals surface area (Å²) in [5, 5.41) is 9.16. The summed E-state index contributed by atoms with van der Waals surface area (Å²) in [6.07, 6.45) is 4.93. The van der Waals surface area contributed by atoms with Gasteiger partial charge in [-0.15, -0.1) is 0 Å². The van der Waals surface area contributed by atoms with Crippen LogP contribution in [0.25, 0.3) is 0 Å². The van der Waals surface area contributed by atoms with Crippen molar-refractivity contribution in [3.63, 3.8) is 0 Å². The van der Waals surface area contributed by atoms with Gasteiger partial charge in [0.1, 0.15) is 0 Å². The number of nitrogens with zero attached hydrogens (tertiary/aromatic N) is 3. The number of carbonyl (C=O) groups excluding carboxylic acids is 1. The molecule has 0 saturated carbocycles. The fourth-order valence-corrected chi connectivity index (χ4v) is 4.03. The van der Waals surface area contributed by atoms with E-state index in [0.717, 1.165) is 25.9 Å². The summed E-state index contributed by atoms with van der Waals surface area (Å²) in [5.74, 6) is -1.17. The van der Waals surface area contributed by atoms with E-state index in [1.807, 2.05) is 4.90 Å². The number of carboxylic acid groups (broad SMARTS) is 1. The van der Waals surface area contributed by atoms with E-state index < -0.39 is 11.9 Å². The highest BCUT2D eigenvalue weighted by Gasteiger charge is 2.38. The highest BCUT2D eigenvalue weighted by Crippen LogP contribution is 2.29. The molecule has 0 aliphatic carbocycles. The number of hydrogen-bond acceptors (Lipinski definition) is 3. The van der Waals surface area contributed by atoms with E-state index in [0.29, 0.717) is 31.6 Å². The molecule has 1 N–H and O–H groups in total. The molecule has 6 heteroatoms. The molecule has 21 heavy (non-hydrogen) atoms. The van der Waals surface area contributed by atoms with Crippen molar-refractivity contribution in [1.29, 1.82) is 0 Å². The van der Waals surface area contributed by atoms with Crippen molar-refractivity contribution < 1.29 is 14.7 Å². The molecule has 6 nitrogen and oxygen atoms in total. The average Bonchev–Trinajstić information content (AvgIpc) is 2.71. The molecule has 3 fully saturated rings. The van der Waals surface area contributed by atoms with Crippen molar-refractivity contribution in [2.45, 2.75) is 44.2 Å². The zero-order valence-electron chi connectivity index (χ0n) is 12.7. The summed E-state index contributed by atoms with van der Waals surface area (Å²) >= 11 is 0. The fraction of sp³-hybridized carbons (Fsp3) is 0.867. The van der Waals surface area contributed by atoms with Gasteiger partial charge in [-0.1, -0.05) is 0 Å². The van der Waals surface area contributed by atoms with Crippen molar-refractivity contribution in [3.8, 4) is 0 Å². The molecule has 3 rings (SSSR count). The first-order valence-corrected chi connectivity index (χ1v) is 8.05. The highest BCUT2D eigenvalue weighted by atomic mass is 16.4. The second-order valence-corrected chi connectivity index (χ2v) is 6.69. The predicted molar refractivity (Wildman–Crippen MR) is 78.1 cm³/mol. The van der Waals surface area contributed by atoms with E-state index in [1.54, 1.807) is 4.90 Å². The van der Waals surface area contributed by atoms with E-state index in [-0.39, 0.29) is 6.03 Å². The van der Waals surface area contributed by atoms with Crippen molar-refractivity contribution in [1.82, 2.24) is 14.7 Å². The first-order chi connectivity index (χ1) is 10.1. The SMILES string of the molecule is CN1C2CCC1CN(C(=O)N1CCCC(C(=O)O)C1)CC2. The van der Waals surface area contributed by atoms with Crippen LogP contribution < -0.4 is 0 Å². The van der Waals surface area contributed by atoms with Crippen molar-refractivity contribution in [2.24, 2.45) is 5.92 Å². The molecule has 0 radical (unpaired) electrons. The topological polar surface area (TPSA) is 64.1 Å². The van der Waals surface area contributed by atoms with Crippen LogP contribution in [0.2, 0.25) is 0 Å². The lowest BCUT2D eigenvalue weighted by Crippen LogP contribution is -2.50. The number of carbonyl (C=O) groups is 2. The second-order valence-electron chi connectivity index (χ2n) is 6.69. The molecule has 0 spiro atoms. The number of likely N-dealkylation sites (tertiary alicyclic amines) is 2. The third-order valence-electron chi connectivity index (χ3n) is 5.46. The standard InChI is InChI=1S/C15H25N3O3/c1-16-12-4-5-13(16)10-18(8-6-12)15(21)17-7-2-3-11(9-17)14(19)20/h11-13H,2-10H2,1H3,(H,19,20). The number of aliphatic carboxylic acids is 1. The first kappa shape index (κ1) is 14.6. The van der Waals surface area contributed by atoms with Crippen LogP contribution in [0, 0.1) is 5.92 Å². The number of piperidine rings is 1. The summed E-state index contributed by atoms with van der Waals surface area (Å²) in [4.78, 5) is 30.0. The molecule has 3 heterocycles. The van der Waals surface area contributed by atoms with Gasteiger partial charge in [-0.25, -0.2) is 4.79 Å². The first-order valence-electron chi connectivity index (χ1n) is 8.05. The van der Waals surface area contributed by atoms with Crippen LogP contribution in [0.4, 0.5) is 4.79 Å². The molecule has 3 unspecified atom stereocenters. The maximum absolute atomic E-state index is 12.7. The molecular formula is C15H25N3O3. The van der Waals surface area contributed by atoms with Crippen LogP contribution in [0.5, 0.6) is 0 Å². The summed E-state index contributed by atoms with van der Waals surface area (Å²) < 4.78 is 0. The fourth-order valence-electron chi connectivity index (χ4n) is 4.03. The van der Waals surface area contributed by atoms with Crippen molar-refractivity contribution in [2.75, 3.05) is 33.2 Å². The minimum atomic E-state index is -0.776. The van der Waals surface area contributed by atoms with Gasteiger partial charge in [-0.3, -0.25) is 9.69 Å². The Morgan fingerprint density at radius 3 is 2.43 bits per heavy atom. The van der Waals surface area contributed by atoms with Gasteiger partial charge in [0.05, 0.1) is 5.92 Å². The van der Waals surface area contributed by atoms with Gasteiger partial charge in [-0.05, 0) is 39.2 Å². The Kier molecular flexibility index (Phi) is 4.06. The molecule has 0 aromatic heterocycles. The molecule has 3 aliphatic rings. The normalized spacial score (nSPS) is 33.9. The summed E-state index contributed by atoms with van der Waals surface area (Å²) in [7, 11) is 2.16. The van der Waals surface area contributed by atoms with Crippen molar-refractivity contribution >= 4 is 12.0 Å². The Bertz CT molecular complexity index is 428. The Morgan fingerprint density at radius 2 is 1.67 bits per heavy atom. The Balaban J connectivity index is 1.63. The van der Waals surface area contributed by atoms with E-state index in [9.17, 15) is 9.59 Å². The summed E-state index contributed by atoms with van der Waals surface area (Å²) in [6, 6.07) is 1.13. The summed E-state index contributed by atoms with van der Waals surface area (Å²) in [6.45, 7) is 2.66. The molecule has 3 saturated heterocycles. The second kappa shape index (κ2) is 5.83. The van der Waals surface area contributed by atoms with Gasteiger partial charge in [0.15, 0.2) is 0 Å². The minimum Gasteiger partial charge on any atom is -0.481 e. The van der Waals surface area contributed by atoms with E-state index in [2.05, 4.69) is 11.9 Å². The van der Waals surface area contributed by atoms with Gasteiger partial charge in [0.2, 0.25) is 0 Å². The molecule has 2 amide bonds. The van der Waals surface area contributed by atoms with Gasteiger partial charge in [0, 0.05) is 38.3 Å². The maximum Gasteiger partial charge on any atom is 0.320 e. The Hall–Kier alpha value is -1.30. The van der Waals surface area contributed by atoms with Crippen molar-refractivity contribution in [3.05, 3.63) is 0 Å². The van der Waals surface area contributed by atoms with E-state index in [1.165, 1.54) is 12.8 Å². The average molecular weight is 295 g/mol. The largest absolute Gasteiger partial charge is 0.481 e. The van der Waals surface area contributed by atoms with Crippen LogP contribution in [0.1, 0.15) is 32.1 Å². The minimum absolute atomic E-state index is 0.0434. The van der Waals surface area contributed by atoms with Crippen LogP contribution in [0.3, 0.4) is 0 Å².